The maximum atomic E-state index is 13.0. The zero-order valence-electron chi connectivity index (χ0n) is 15.7. The molecule has 0 saturated carbocycles. The van der Waals surface area contributed by atoms with E-state index in [4.69, 9.17) is 27.9 Å². The van der Waals surface area contributed by atoms with Crippen LogP contribution in [-0.2, 0) is 7.05 Å². The van der Waals surface area contributed by atoms with E-state index in [0.717, 1.165) is 22.3 Å². The van der Waals surface area contributed by atoms with Gasteiger partial charge in [-0.3, -0.25) is 4.79 Å². The van der Waals surface area contributed by atoms with Crippen molar-refractivity contribution in [2.75, 3.05) is 12.4 Å². The highest BCUT2D eigenvalue weighted by atomic mass is 35.5. The summed E-state index contributed by atoms with van der Waals surface area (Å²) >= 11 is 12.6. The van der Waals surface area contributed by atoms with Crippen LogP contribution in [0.4, 0.5) is 11.5 Å². The molecular weight excluding hydrogens is 409 g/mol. The highest BCUT2D eigenvalue weighted by Crippen LogP contribution is 2.34. The number of aromatic nitrogens is 2. The molecule has 7 heteroatoms. The van der Waals surface area contributed by atoms with E-state index in [1.165, 1.54) is 0 Å². The molecule has 29 heavy (non-hydrogen) atoms. The first-order chi connectivity index (χ1) is 14.0. The monoisotopic (exact) mass is 425 g/mol. The summed E-state index contributed by atoms with van der Waals surface area (Å²) in [5.41, 5.74) is 2.39. The average molecular weight is 426 g/mol. The molecule has 2 aromatic carbocycles. The molecule has 0 aliphatic rings. The predicted molar refractivity (Wildman–Crippen MR) is 119 cm³/mol. The summed E-state index contributed by atoms with van der Waals surface area (Å²) in [6.45, 7) is 0. The standard InChI is InChI=1S/C22H17Cl2N3O2/c1-27-19-11-20(26-14-6-8-15(29-2)9-7-14)25-12-13(19)10-16(22(27)28)21-17(23)4-3-5-18(21)24/h3-12H,1-2H3,(H,25,26). The Kier molecular flexibility index (Phi) is 5.18. The van der Waals surface area contributed by atoms with Gasteiger partial charge in [0, 0.05) is 35.9 Å². The number of anilines is 2. The van der Waals surface area contributed by atoms with Gasteiger partial charge < -0.3 is 14.6 Å². The minimum absolute atomic E-state index is 0.186. The van der Waals surface area contributed by atoms with Crippen molar-refractivity contribution in [3.63, 3.8) is 0 Å². The van der Waals surface area contributed by atoms with Crippen molar-refractivity contribution in [2.24, 2.45) is 7.05 Å². The van der Waals surface area contributed by atoms with Gasteiger partial charge in [0.2, 0.25) is 0 Å². The normalized spacial score (nSPS) is 10.9. The second kappa shape index (κ2) is 7.78. The number of benzene rings is 2. The Hall–Kier alpha value is -3.02. The summed E-state index contributed by atoms with van der Waals surface area (Å²) in [7, 11) is 3.34. The van der Waals surface area contributed by atoms with Crippen LogP contribution in [-0.4, -0.2) is 16.7 Å². The number of halogens is 2. The molecule has 0 atom stereocenters. The maximum Gasteiger partial charge on any atom is 0.258 e. The Morgan fingerprint density at radius 1 is 1.03 bits per heavy atom. The lowest BCUT2D eigenvalue weighted by Gasteiger charge is -2.13. The number of methoxy groups -OCH3 is 1. The molecule has 1 N–H and O–H groups in total. The molecule has 0 unspecified atom stereocenters. The molecule has 5 nitrogen and oxygen atoms in total. The number of ether oxygens (including phenoxy) is 1. The lowest BCUT2D eigenvalue weighted by atomic mass is 10.1. The van der Waals surface area contributed by atoms with Gasteiger partial charge in [0.1, 0.15) is 11.6 Å². The zero-order valence-corrected chi connectivity index (χ0v) is 17.3. The van der Waals surface area contributed by atoms with Crippen molar-refractivity contribution in [1.29, 1.82) is 0 Å². The molecule has 0 amide bonds. The van der Waals surface area contributed by atoms with Crippen molar-refractivity contribution < 1.29 is 4.74 Å². The first kappa shape index (κ1) is 19.3. The fourth-order valence-electron chi connectivity index (χ4n) is 3.19. The van der Waals surface area contributed by atoms with E-state index in [2.05, 4.69) is 10.3 Å². The maximum absolute atomic E-state index is 13.0. The lowest BCUT2D eigenvalue weighted by molar-refractivity contribution is 0.415. The highest BCUT2D eigenvalue weighted by molar-refractivity contribution is 6.39. The van der Waals surface area contributed by atoms with Crippen LogP contribution in [0, 0.1) is 0 Å². The van der Waals surface area contributed by atoms with Crippen molar-refractivity contribution in [2.45, 2.75) is 0 Å². The van der Waals surface area contributed by atoms with Crippen molar-refractivity contribution in [3.8, 4) is 16.9 Å². The van der Waals surface area contributed by atoms with Gasteiger partial charge in [-0.1, -0.05) is 29.3 Å². The van der Waals surface area contributed by atoms with Crippen molar-refractivity contribution >= 4 is 45.6 Å². The van der Waals surface area contributed by atoms with E-state index in [1.807, 2.05) is 30.3 Å². The number of rotatable bonds is 4. The van der Waals surface area contributed by atoms with Gasteiger partial charge in [-0.25, -0.2) is 4.98 Å². The van der Waals surface area contributed by atoms with Crippen molar-refractivity contribution in [1.82, 2.24) is 9.55 Å². The van der Waals surface area contributed by atoms with E-state index < -0.39 is 0 Å². The summed E-state index contributed by atoms with van der Waals surface area (Å²) in [6.07, 6.45) is 1.72. The SMILES string of the molecule is COc1ccc(Nc2cc3c(cn2)cc(-c2c(Cl)cccc2Cl)c(=O)n3C)cc1. The third-order valence-corrected chi connectivity index (χ3v) is 5.33. The van der Waals surface area contributed by atoms with Gasteiger partial charge in [-0.15, -0.1) is 0 Å². The van der Waals surface area contributed by atoms with Crippen LogP contribution in [0.3, 0.4) is 0 Å². The van der Waals surface area contributed by atoms with Gasteiger partial charge >= 0.3 is 0 Å². The fourth-order valence-corrected chi connectivity index (χ4v) is 3.79. The molecule has 146 valence electrons. The van der Waals surface area contributed by atoms with Gasteiger partial charge in [0.05, 0.1) is 28.2 Å². The molecule has 2 heterocycles. The lowest BCUT2D eigenvalue weighted by Crippen LogP contribution is -2.19. The molecule has 0 aliphatic heterocycles. The van der Waals surface area contributed by atoms with Crippen LogP contribution in [0.5, 0.6) is 5.75 Å². The summed E-state index contributed by atoms with van der Waals surface area (Å²) in [4.78, 5) is 17.5. The molecule has 2 aromatic heterocycles. The number of hydrogen-bond donors (Lipinski definition) is 1. The zero-order chi connectivity index (χ0) is 20.5. The van der Waals surface area contributed by atoms with Crippen LogP contribution in [0.1, 0.15) is 0 Å². The Morgan fingerprint density at radius 2 is 1.72 bits per heavy atom. The number of hydrogen-bond acceptors (Lipinski definition) is 4. The number of nitrogens with one attached hydrogen (secondary N) is 1. The van der Waals surface area contributed by atoms with Gasteiger partial charge in [-0.2, -0.15) is 0 Å². The molecule has 0 fully saturated rings. The van der Waals surface area contributed by atoms with E-state index in [-0.39, 0.29) is 5.56 Å². The van der Waals surface area contributed by atoms with Gasteiger partial charge in [-0.05, 0) is 42.5 Å². The minimum Gasteiger partial charge on any atom is -0.497 e. The van der Waals surface area contributed by atoms with Crippen LogP contribution in [0.2, 0.25) is 10.0 Å². The van der Waals surface area contributed by atoms with E-state index in [0.29, 0.717) is 27.0 Å². The Bertz CT molecular complexity index is 1250. The minimum atomic E-state index is -0.186. The van der Waals surface area contributed by atoms with E-state index in [1.54, 1.807) is 49.2 Å². The molecule has 0 bridgehead atoms. The molecule has 0 aliphatic carbocycles. The Balaban J connectivity index is 1.78. The van der Waals surface area contributed by atoms with Gasteiger partial charge in [0.25, 0.3) is 5.56 Å². The number of pyridine rings is 2. The summed E-state index contributed by atoms with van der Waals surface area (Å²) < 4.78 is 6.74. The molecule has 4 rings (SSSR count). The quantitative estimate of drug-likeness (QED) is 0.458. The van der Waals surface area contributed by atoms with Crippen LogP contribution >= 0.6 is 23.2 Å². The summed E-state index contributed by atoms with van der Waals surface area (Å²) in [5, 5.41) is 4.90. The Morgan fingerprint density at radius 3 is 2.38 bits per heavy atom. The number of fused-ring (bicyclic) bond motifs is 1. The van der Waals surface area contributed by atoms with Crippen LogP contribution in [0.15, 0.2) is 65.6 Å². The smallest absolute Gasteiger partial charge is 0.258 e. The van der Waals surface area contributed by atoms with Crippen LogP contribution < -0.4 is 15.6 Å². The first-order valence-electron chi connectivity index (χ1n) is 8.83. The average Bonchev–Trinajstić information content (AvgIpc) is 2.72. The third kappa shape index (κ3) is 3.67. The second-order valence-corrected chi connectivity index (χ2v) is 7.32. The van der Waals surface area contributed by atoms with Crippen molar-refractivity contribution in [3.05, 3.63) is 81.2 Å². The van der Waals surface area contributed by atoms with E-state index in [9.17, 15) is 4.79 Å². The second-order valence-electron chi connectivity index (χ2n) is 6.50. The largest absolute Gasteiger partial charge is 0.497 e. The first-order valence-corrected chi connectivity index (χ1v) is 9.59. The summed E-state index contributed by atoms with van der Waals surface area (Å²) in [5.74, 6) is 1.40. The number of nitrogens with zero attached hydrogens (tertiary/aromatic N) is 2. The number of aryl methyl sites for hydroxylation is 1. The predicted octanol–water partition coefficient (Wildman–Crippen LogP) is 5.66. The van der Waals surface area contributed by atoms with Gasteiger partial charge in [0.15, 0.2) is 0 Å². The van der Waals surface area contributed by atoms with Crippen LogP contribution in [0.25, 0.3) is 22.0 Å². The highest BCUT2D eigenvalue weighted by Gasteiger charge is 2.15. The molecular formula is C22H17Cl2N3O2. The fraction of sp³-hybridized carbons (Fsp3) is 0.0909. The third-order valence-electron chi connectivity index (χ3n) is 4.70. The molecule has 0 spiro atoms. The molecule has 0 saturated heterocycles. The molecule has 0 radical (unpaired) electrons. The topological polar surface area (TPSA) is 56.1 Å². The summed E-state index contributed by atoms with van der Waals surface area (Å²) in [6, 6.07) is 16.3. The van der Waals surface area contributed by atoms with E-state index >= 15 is 0 Å². The Labute approximate surface area is 177 Å². The molecule has 4 aromatic rings.